The van der Waals surface area contributed by atoms with E-state index in [0.29, 0.717) is 0 Å². The lowest BCUT2D eigenvalue weighted by atomic mass is 10.8. The molecule has 8 heteroatoms. The molecule has 0 aliphatic carbocycles. The van der Waals surface area contributed by atoms with Crippen molar-refractivity contribution in [2.75, 3.05) is 46.0 Å². The molecule has 2 N–H and O–H groups in total. The fourth-order valence-electron chi connectivity index (χ4n) is 0.877. The molecule has 0 aromatic rings. The number of rotatable bonds is 13. The van der Waals surface area contributed by atoms with Gasteiger partial charge in [-0.15, -0.1) is 23.5 Å². The van der Waals surface area contributed by atoms with Crippen LogP contribution in [0.1, 0.15) is 0 Å². The summed E-state index contributed by atoms with van der Waals surface area (Å²) < 4.78 is 0. The molecule has 0 fully saturated rings. The molecule has 106 valence electrons. The molecular weight excluding hydrogens is 312 g/mol. The Morgan fingerprint density at radius 1 is 0.611 bits per heavy atom. The molecule has 0 atom stereocenters. The summed E-state index contributed by atoms with van der Waals surface area (Å²) in [6, 6.07) is 0. The van der Waals surface area contributed by atoms with Crippen LogP contribution >= 0.6 is 47.0 Å². The summed E-state index contributed by atoms with van der Waals surface area (Å²) in [6.07, 6.45) is 0. The highest BCUT2D eigenvalue weighted by atomic mass is 32.2. The third-order valence-corrected chi connectivity index (χ3v) is 6.20. The van der Waals surface area contributed by atoms with Gasteiger partial charge in [0.1, 0.15) is 0 Å². The summed E-state index contributed by atoms with van der Waals surface area (Å²) in [7, 11) is 0. The van der Waals surface area contributed by atoms with Gasteiger partial charge in [0.2, 0.25) is 0 Å². The molecule has 0 aliphatic heterocycles. The van der Waals surface area contributed by atoms with Crippen molar-refractivity contribution >= 4 is 59.0 Å². The van der Waals surface area contributed by atoms with Crippen LogP contribution in [-0.4, -0.2) is 68.2 Å². The first kappa shape index (κ1) is 18.3. The van der Waals surface area contributed by atoms with Gasteiger partial charge in [-0.2, -0.15) is 23.5 Å². The molecule has 0 saturated heterocycles. The molecule has 0 bridgehead atoms. The maximum absolute atomic E-state index is 10.2. The van der Waals surface area contributed by atoms with E-state index in [1.165, 1.54) is 23.5 Å². The summed E-state index contributed by atoms with van der Waals surface area (Å²) in [6.45, 7) is 0. The quantitative estimate of drug-likeness (QED) is 0.497. The molecule has 4 nitrogen and oxygen atoms in total. The van der Waals surface area contributed by atoms with E-state index in [1.807, 2.05) is 23.5 Å². The van der Waals surface area contributed by atoms with Crippen LogP contribution < -0.4 is 0 Å². The summed E-state index contributed by atoms with van der Waals surface area (Å²) in [5, 5.41) is 16.8. The van der Waals surface area contributed by atoms with Crippen molar-refractivity contribution in [3.05, 3.63) is 0 Å². The van der Waals surface area contributed by atoms with E-state index in [0.717, 1.165) is 34.5 Å². The molecule has 0 unspecified atom stereocenters. The van der Waals surface area contributed by atoms with Crippen molar-refractivity contribution < 1.29 is 19.8 Å². The summed E-state index contributed by atoms with van der Waals surface area (Å²) >= 11 is 6.58. The number of carboxylic acid groups (broad SMARTS) is 2. The van der Waals surface area contributed by atoms with Crippen LogP contribution in [0.2, 0.25) is 0 Å². The van der Waals surface area contributed by atoms with Crippen LogP contribution in [0.3, 0.4) is 0 Å². The number of thioether (sulfide) groups is 4. The fourth-order valence-corrected chi connectivity index (χ4v) is 4.75. The first-order valence-electron chi connectivity index (χ1n) is 5.37. The standard InChI is InChI=1S/C10H18O4S4/c11-9(12)7-17-5-3-15-1-2-16-4-6-18-8-10(13)14/h1-8H2,(H,11,12)(H,13,14). The zero-order valence-electron chi connectivity index (χ0n) is 10.0. The molecular formula is C10H18O4S4. The zero-order chi connectivity index (χ0) is 13.6. The molecule has 0 aromatic heterocycles. The third kappa shape index (κ3) is 16.3. The minimum absolute atomic E-state index is 0.191. The highest BCUT2D eigenvalue weighted by Crippen LogP contribution is 2.11. The molecule has 0 saturated carbocycles. The van der Waals surface area contributed by atoms with Crippen LogP contribution in [0.4, 0.5) is 0 Å². The van der Waals surface area contributed by atoms with Crippen LogP contribution in [0.5, 0.6) is 0 Å². The second-order valence-corrected chi connectivity index (χ2v) is 7.78. The Balaban J connectivity index is 2.99. The van der Waals surface area contributed by atoms with E-state index in [1.54, 1.807) is 0 Å². The second-order valence-electron chi connectivity index (χ2n) is 3.12. The average molecular weight is 331 g/mol. The number of hydrogen-bond acceptors (Lipinski definition) is 6. The van der Waals surface area contributed by atoms with Crippen molar-refractivity contribution in [2.45, 2.75) is 0 Å². The van der Waals surface area contributed by atoms with Gasteiger partial charge in [0, 0.05) is 34.5 Å². The van der Waals surface area contributed by atoms with Crippen molar-refractivity contribution in [3.8, 4) is 0 Å². The van der Waals surface area contributed by atoms with E-state index in [2.05, 4.69) is 0 Å². The molecule has 0 aliphatic rings. The molecule has 0 spiro atoms. The third-order valence-electron chi connectivity index (χ3n) is 1.57. The Labute approximate surface area is 124 Å². The first-order valence-corrected chi connectivity index (χ1v) is 9.99. The highest BCUT2D eigenvalue weighted by molar-refractivity contribution is 8.05. The molecule has 18 heavy (non-hydrogen) atoms. The van der Waals surface area contributed by atoms with E-state index < -0.39 is 11.9 Å². The van der Waals surface area contributed by atoms with Gasteiger partial charge < -0.3 is 10.2 Å². The lowest BCUT2D eigenvalue weighted by Gasteiger charge is -2.01. The van der Waals surface area contributed by atoms with Crippen molar-refractivity contribution in [1.82, 2.24) is 0 Å². The maximum Gasteiger partial charge on any atom is 0.313 e. The van der Waals surface area contributed by atoms with Gasteiger partial charge in [-0.25, -0.2) is 0 Å². The lowest BCUT2D eigenvalue weighted by Crippen LogP contribution is -2.00. The Bertz CT molecular complexity index is 214. The highest BCUT2D eigenvalue weighted by Gasteiger charge is 1.98. The number of carbonyl (C=O) groups is 2. The fraction of sp³-hybridized carbons (Fsp3) is 0.800. The molecule has 0 amide bonds. The van der Waals surface area contributed by atoms with Crippen LogP contribution in [0, 0.1) is 0 Å². The van der Waals surface area contributed by atoms with Gasteiger partial charge in [0.05, 0.1) is 11.5 Å². The predicted octanol–water partition coefficient (Wildman–Crippen LogP) is 2.09. The van der Waals surface area contributed by atoms with Gasteiger partial charge in [-0.3, -0.25) is 9.59 Å². The summed E-state index contributed by atoms with van der Waals surface area (Å²) in [5.74, 6) is 4.78. The molecule has 0 radical (unpaired) electrons. The topological polar surface area (TPSA) is 74.6 Å². The van der Waals surface area contributed by atoms with E-state index in [-0.39, 0.29) is 11.5 Å². The number of hydrogen-bond donors (Lipinski definition) is 2. The van der Waals surface area contributed by atoms with Gasteiger partial charge in [-0.05, 0) is 0 Å². The van der Waals surface area contributed by atoms with E-state index in [9.17, 15) is 9.59 Å². The largest absolute Gasteiger partial charge is 0.481 e. The normalized spacial score (nSPS) is 10.4. The lowest BCUT2D eigenvalue weighted by molar-refractivity contribution is -0.134. The average Bonchev–Trinajstić information content (AvgIpc) is 2.29. The predicted molar refractivity (Wildman–Crippen MR) is 84.6 cm³/mol. The monoisotopic (exact) mass is 330 g/mol. The summed E-state index contributed by atoms with van der Waals surface area (Å²) in [5.41, 5.74) is 0. The Morgan fingerprint density at radius 3 is 1.17 bits per heavy atom. The van der Waals surface area contributed by atoms with E-state index in [4.69, 9.17) is 10.2 Å². The van der Waals surface area contributed by atoms with Gasteiger partial charge >= 0.3 is 11.9 Å². The summed E-state index contributed by atoms with van der Waals surface area (Å²) in [4.78, 5) is 20.5. The SMILES string of the molecule is O=C(O)CSCCSCCSCCSCC(=O)O. The van der Waals surface area contributed by atoms with Crippen molar-refractivity contribution in [2.24, 2.45) is 0 Å². The van der Waals surface area contributed by atoms with Crippen molar-refractivity contribution in [1.29, 1.82) is 0 Å². The Kier molecular flexibility index (Phi) is 14.0. The first-order chi connectivity index (χ1) is 8.63. The van der Waals surface area contributed by atoms with Gasteiger partial charge in [0.25, 0.3) is 0 Å². The van der Waals surface area contributed by atoms with Crippen LogP contribution in [0.25, 0.3) is 0 Å². The Morgan fingerprint density at radius 2 is 0.889 bits per heavy atom. The van der Waals surface area contributed by atoms with Crippen molar-refractivity contribution in [3.63, 3.8) is 0 Å². The minimum Gasteiger partial charge on any atom is -0.481 e. The van der Waals surface area contributed by atoms with E-state index >= 15 is 0 Å². The number of aliphatic carboxylic acids is 2. The zero-order valence-corrected chi connectivity index (χ0v) is 13.3. The molecule has 0 rings (SSSR count). The Hall–Kier alpha value is 0.340. The maximum atomic E-state index is 10.2. The molecule has 0 aromatic carbocycles. The smallest absolute Gasteiger partial charge is 0.313 e. The number of carboxylic acids is 2. The van der Waals surface area contributed by atoms with Crippen LogP contribution in [0.15, 0.2) is 0 Å². The minimum atomic E-state index is -0.751. The van der Waals surface area contributed by atoms with Gasteiger partial charge in [-0.1, -0.05) is 0 Å². The molecule has 0 heterocycles. The second kappa shape index (κ2) is 13.8. The van der Waals surface area contributed by atoms with Gasteiger partial charge in [0.15, 0.2) is 0 Å². The van der Waals surface area contributed by atoms with Crippen LogP contribution in [-0.2, 0) is 9.59 Å².